The van der Waals surface area contributed by atoms with Crippen LogP contribution in [0, 0.1) is 6.92 Å². The molecule has 0 heterocycles. The summed E-state index contributed by atoms with van der Waals surface area (Å²) in [6.45, 7) is 3.28. The summed E-state index contributed by atoms with van der Waals surface area (Å²) in [6, 6.07) is 15.6. The number of anilines is 1. The quantitative estimate of drug-likeness (QED) is 0.217. The van der Waals surface area contributed by atoms with E-state index in [0.717, 1.165) is 47.5 Å². The first-order valence-electron chi connectivity index (χ1n) is 15.8. The van der Waals surface area contributed by atoms with E-state index in [4.69, 9.17) is 25.8 Å². The molecule has 12 heteroatoms. The van der Waals surface area contributed by atoms with Gasteiger partial charge in [-0.3, -0.25) is 13.9 Å². The number of hydrogen-bond donors (Lipinski definition) is 1. The lowest BCUT2D eigenvalue weighted by Crippen LogP contribution is -2.54. The number of amides is 2. The van der Waals surface area contributed by atoms with Crippen LogP contribution < -0.4 is 23.8 Å². The molecule has 1 N–H and O–H groups in total. The number of hydrogen-bond acceptors (Lipinski definition) is 7. The van der Waals surface area contributed by atoms with E-state index in [1.54, 1.807) is 6.07 Å². The van der Waals surface area contributed by atoms with E-state index in [1.807, 2.05) is 38.1 Å². The van der Waals surface area contributed by atoms with Gasteiger partial charge in [-0.25, -0.2) is 8.42 Å². The summed E-state index contributed by atoms with van der Waals surface area (Å²) in [7, 11) is -0.173. The minimum atomic E-state index is -4.43. The average molecular weight is 686 g/mol. The van der Waals surface area contributed by atoms with Crippen molar-refractivity contribution in [3.8, 4) is 17.2 Å². The van der Waals surface area contributed by atoms with Gasteiger partial charge < -0.3 is 24.4 Å². The van der Waals surface area contributed by atoms with Crippen molar-refractivity contribution in [1.29, 1.82) is 0 Å². The molecular formula is C35H44ClN3O7S. The summed E-state index contributed by atoms with van der Waals surface area (Å²) >= 11 is 6.37. The maximum absolute atomic E-state index is 14.5. The van der Waals surface area contributed by atoms with E-state index in [0.29, 0.717) is 12.2 Å². The number of rotatable bonds is 14. The number of benzene rings is 3. The minimum absolute atomic E-state index is 0.0410. The number of nitrogens with zero attached hydrogens (tertiary/aromatic N) is 2. The number of aryl methyl sites for hydroxylation is 1. The van der Waals surface area contributed by atoms with Gasteiger partial charge in [-0.2, -0.15) is 0 Å². The molecule has 3 aromatic carbocycles. The van der Waals surface area contributed by atoms with Crippen molar-refractivity contribution in [2.24, 2.45) is 0 Å². The van der Waals surface area contributed by atoms with Gasteiger partial charge in [0, 0.05) is 23.7 Å². The van der Waals surface area contributed by atoms with Crippen molar-refractivity contribution in [3.63, 3.8) is 0 Å². The van der Waals surface area contributed by atoms with Crippen molar-refractivity contribution < 1.29 is 32.2 Å². The molecule has 3 aromatic rings. The predicted molar refractivity (Wildman–Crippen MR) is 183 cm³/mol. The van der Waals surface area contributed by atoms with E-state index in [-0.39, 0.29) is 45.6 Å². The summed E-state index contributed by atoms with van der Waals surface area (Å²) in [5.41, 5.74) is 1.93. The summed E-state index contributed by atoms with van der Waals surface area (Å²) in [5, 5.41) is 3.41. The van der Waals surface area contributed by atoms with Gasteiger partial charge in [0.1, 0.15) is 18.3 Å². The normalized spacial score (nSPS) is 14.2. The zero-order valence-corrected chi connectivity index (χ0v) is 29.2. The second-order valence-corrected chi connectivity index (χ2v) is 13.9. The van der Waals surface area contributed by atoms with Crippen LogP contribution in [-0.2, 0) is 26.2 Å². The van der Waals surface area contributed by atoms with Crippen molar-refractivity contribution in [2.75, 3.05) is 32.2 Å². The SMILES string of the molecule is CCC(C(=O)NC1CCCCC1)N(Cc1ccc(C)cc1)C(=O)CN(c1cc(Cl)ccc1OC)S(=O)(=O)c1ccc(OC)c(OC)c1. The first-order valence-corrected chi connectivity index (χ1v) is 17.6. The fourth-order valence-electron chi connectivity index (χ4n) is 5.83. The van der Waals surface area contributed by atoms with Crippen molar-refractivity contribution in [2.45, 2.75) is 75.9 Å². The molecule has 10 nitrogen and oxygen atoms in total. The molecule has 0 aliphatic heterocycles. The molecule has 1 unspecified atom stereocenters. The molecule has 0 radical (unpaired) electrons. The Hall–Kier alpha value is -3.96. The third-order valence-electron chi connectivity index (χ3n) is 8.44. The van der Waals surface area contributed by atoms with Crippen LogP contribution in [0.2, 0.25) is 5.02 Å². The van der Waals surface area contributed by atoms with Gasteiger partial charge in [0.15, 0.2) is 11.5 Å². The van der Waals surface area contributed by atoms with Crippen LogP contribution in [0.1, 0.15) is 56.6 Å². The zero-order valence-electron chi connectivity index (χ0n) is 27.6. The lowest BCUT2D eigenvalue weighted by atomic mass is 9.95. The molecule has 2 amide bonds. The number of ether oxygens (including phenoxy) is 3. The van der Waals surface area contributed by atoms with Crippen molar-refractivity contribution >= 4 is 39.1 Å². The van der Waals surface area contributed by atoms with Crippen LogP contribution >= 0.6 is 11.6 Å². The number of methoxy groups -OCH3 is 3. The van der Waals surface area contributed by atoms with Gasteiger partial charge in [-0.15, -0.1) is 0 Å². The fraction of sp³-hybridized carbons (Fsp3) is 0.429. The maximum Gasteiger partial charge on any atom is 0.265 e. The molecule has 254 valence electrons. The lowest BCUT2D eigenvalue weighted by Gasteiger charge is -2.34. The Labute approximate surface area is 283 Å². The van der Waals surface area contributed by atoms with E-state index in [1.165, 1.54) is 56.6 Å². The molecule has 1 atom stereocenters. The van der Waals surface area contributed by atoms with Gasteiger partial charge in [0.2, 0.25) is 11.8 Å². The molecule has 0 spiro atoms. The Morgan fingerprint density at radius 2 is 1.53 bits per heavy atom. The molecule has 4 rings (SSSR count). The summed E-state index contributed by atoms with van der Waals surface area (Å²) in [4.78, 5) is 29.6. The van der Waals surface area contributed by atoms with E-state index >= 15 is 0 Å². The predicted octanol–water partition coefficient (Wildman–Crippen LogP) is 6.13. The standard InChI is InChI=1S/C35H44ClN3O7S/c1-6-29(35(41)37-27-10-8-7-9-11-27)38(22-25-14-12-24(2)13-15-25)34(40)23-39(30-20-26(36)16-18-31(30)44-3)47(42,43)28-17-19-32(45-4)33(21-28)46-5/h12-21,27,29H,6-11,22-23H2,1-5H3,(H,37,41). The highest BCUT2D eigenvalue weighted by atomic mass is 35.5. The third kappa shape index (κ3) is 8.70. The third-order valence-corrected chi connectivity index (χ3v) is 10.4. The van der Waals surface area contributed by atoms with E-state index in [2.05, 4.69) is 5.32 Å². The Kier molecular flexibility index (Phi) is 12.4. The van der Waals surface area contributed by atoms with Gasteiger partial charge >= 0.3 is 0 Å². The van der Waals surface area contributed by atoms with Crippen LogP contribution in [-0.4, -0.2) is 65.1 Å². The maximum atomic E-state index is 14.5. The first-order chi connectivity index (χ1) is 22.5. The Morgan fingerprint density at radius 3 is 2.15 bits per heavy atom. The Bertz CT molecular complexity index is 1640. The van der Waals surface area contributed by atoms with Crippen LogP contribution in [0.5, 0.6) is 17.2 Å². The molecule has 1 fully saturated rings. The Balaban J connectivity index is 1.79. The molecule has 1 aliphatic carbocycles. The van der Waals surface area contributed by atoms with Gasteiger partial charge in [0.25, 0.3) is 10.0 Å². The first kappa shape index (κ1) is 35.9. The zero-order chi connectivity index (χ0) is 34.1. The van der Waals surface area contributed by atoms with Gasteiger partial charge in [0.05, 0.1) is 31.9 Å². The highest BCUT2D eigenvalue weighted by Gasteiger charge is 2.36. The summed E-state index contributed by atoms with van der Waals surface area (Å²) in [6.07, 6.45) is 5.33. The molecule has 1 aliphatic rings. The topological polar surface area (TPSA) is 114 Å². The van der Waals surface area contributed by atoms with Crippen LogP contribution in [0.25, 0.3) is 0 Å². The summed E-state index contributed by atoms with van der Waals surface area (Å²) in [5.74, 6) is -0.0898. The molecule has 0 bridgehead atoms. The number of carbonyl (C=O) groups excluding carboxylic acids is 2. The molecule has 0 aromatic heterocycles. The van der Waals surface area contributed by atoms with Crippen molar-refractivity contribution in [3.05, 3.63) is 76.8 Å². The van der Waals surface area contributed by atoms with E-state index < -0.39 is 28.5 Å². The number of halogens is 1. The van der Waals surface area contributed by atoms with E-state index in [9.17, 15) is 18.0 Å². The number of sulfonamides is 1. The summed E-state index contributed by atoms with van der Waals surface area (Å²) < 4.78 is 46.1. The molecular weight excluding hydrogens is 642 g/mol. The molecule has 0 saturated heterocycles. The molecule has 1 saturated carbocycles. The highest BCUT2D eigenvalue weighted by molar-refractivity contribution is 7.92. The second-order valence-electron chi connectivity index (χ2n) is 11.6. The van der Waals surface area contributed by atoms with Crippen LogP contribution in [0.4, 0.5) is 5.69 Å². The number of carbonyl (C=O) groups is 2. The largest absolute Gasteiger partial charge is 0.495 e. The number of nitrogens with one attached hydrogen (secondary N) is 1. The highest BCUT2D eigenvalue weighted by Crippen LogP contribution is 2.37. The monoisotopic (exact) mass is 685 g/mol. The van der Waals surface area contributed by atoms with Crippen LogP contribution in [0.3, 0.4) is 0 Å². The van der Waals surface area contributed by atoms with Gasteiger partial charge in [-0.05, 0) is 62.1 Å². The second kappa shape index (κ2) is 16.2. The van der Waals surface area contributed by atoms with Crippen LogP contribution in [0.15, 0.2) is 65.6 Å². The molecule has 47 heavy (non-hydrogen) atoms. The van der Waals surface area contributed by atoms with Crippen molar-refractivity contribution in [1.82, 2.24) is 10.2 Å². The average Bonchev–Trinajstić information content (AvgIpc) is 3.07. The Morgan fingerprint density at radius 1 is 0.894 bits per heavy atom. The lowest BCUT2D eigenvalue weighted by molar-refractivity contribution is -0.140. The smallest absolute Gasteiger partial charge is 0.265 e. The fourth-order valence-corrected chi connectivity index (χ4v) is 7.43. The minimum Gasteiger partial charge on any atom is -0.495 e. The van der Waals surface area contributed by atoms with Gasteiger partial charge in [-0.1, -0.05) is 67.6 Å².